The normalized spacial score (nSPS) is 11.4. The molecule has 162 valence electrons. The Bertz CT molecular complexity index is 1190. The number of hydrogen-bond donors (Lipinski definition) is 1. The van der Waals surface area contributed by atoms with E-state index in [1.807, 2.05) is 18.2 Å². The Morgan fingerprint density at radius 3 is 2.50 bits per heavy atom. The molecule has 3 aromatic rings. The fourth-order valence-corrected chi connectivity index (χ4v) is 3.11. The first-order chi connectivity index (χ1) is 13.9. The molecule has 0 saturated carbocycles. The van der Waals surface area contributed by atoms with Gasteiger partial charge in [0.2, 0.25) is 0 Å². The zero-order chi connectivity index (χ0) is 21.1. The first kappa shape index (κ1) is 23.0. The molecule has 0 saturated heterocycles. The minimum atomic E-state index is -0.427. The SMILES string of the molecule is COc1ccc(CCN=C(N)Cn2cnc3c2c(=O)n(C)c(=O)n3C)cc1OC.Cl. The summed E-state index contributed by atoms with van der Waals surface area (Å²) in [4.78, 5) is 33.0. The van der Waals surface area contributed by atoms with Crippen LogP contribution in [-0.2, 0) is 27.1 Å². The lowest BCUT2D eigenvalue weighted by Crippen LogP contribution is -2.38. The van der Waals surface area contributed by atoms with Gasteiger partial charge in [-0.1, -0.05) is 6.07 Å². The summed E-state index contributed by atoms with van der Waals surface area (Å²) in [5.41, 5.74) is 6.88. The van der Waals surface area contributed by atoms with Gasteiger partial charge in [0.1, 0.15) is 5.84 Å². The minimum absolute atomic E-state index is 0. The maximum absolute atomic E-state index is 12.5. The van der Waals surface area contributed by atoms with E-state index in [1.165, 1.54) is 17.9 Å². The van der Waals surface area contributed by atoms with Gasteiger partial charge in [-0.25, -0.2) is 9.78 Å². The summed E-state index contributed by atoms with van der Waals surface area (Å²) in [6, 6.07) is 5.69. The lowest BCUT2D eigenvalue weighted by atomic mass is 10.1. The van der Waals surface area contributed by atoms with Crippen molar-refractivity contribution < 1.29 is 9.47 Å². The third-order valence-electron chi connectivity index (χ3n) is 4.71. The second kappa shape index (κ2) is 9.49. The Balaban J connectivity index is 0.00000320. The van der Waals surface area contributed by atoms with E-state index in [-0.39, 0.29) is 19.0 Å². The van der Waals surface area contributed by atoms with Crippen LogP contribution in [0.1, 0.15) is 5.56 Å². The van der Waals surface area contributed by atoms with Crippen molar-refractivity contribution in [3.05, 3.63) is 50.9 Å². The molecule has 3 rings (SSSR count). The molecule has 2 N–H and O–H groups in total. The van der Waals surface area contributed by atoms with Crippen molar-refractivity contribution >= 4 is 29.4 Å². The van der Waals surface area contributed by atoms with Gasteiger partial charge < -0.3 is 19.8 Å². The van der Waals surface area contributed by atoms with Crippen molar-refractivity contribution in [3.8, 4) is 11.5 Å². The van der Waals surface area contributed by atoms with Gasteiger partial charge in [0, 0.05) is 20.6 Å². The number of aryl methyl sites for hydroxylation is 1. The Kier molecular flexibility index (Phi) is 7.28. The van der Waals surface area contributed by atoms with Crippen LogP contribution in [-0.4, -0.2) is 45.3 Å². The van der Waals surface area contributed by atoms with Gasteiger partial charge in [-0.15, -0.1) is 12.4 Å². The molecule has 0 radical (unpaired) electrons. The molecule has 0 atom stereocenters. The average molecular weight is 437 g/mol. The standard InChI is InChI=1S/C19H24N6O4.ClH/c1-23-17-16(18(26)24(2)19(23)27)25(11-22-17)10-15(20)21-8-7-12-5-6-13(28-3)14(9-12)29-4;/h5-6,9,11H,7-8,10H2,1-4H3,(H2,20,21);1H. The number of ether oxygens (including phenoxy) is 2. The van der Waals surface area contributed by atoms with E-state index in [4.69, 9.17) is 15.2 Å². The van der Waals surface area contributed by atoms with Gasteiger partial charge >= 0.3 is 5.69 Å². The van der Waals surface area contributed by atoms with Gasteiger partial charge in [0.05, 0.1) is 27.1 Å². The second-order valence-electron chi connectivity index (χ2n) is 6.56. The Morgan fingerprint density at radius 2 is 1.83 bits per heavy atom. The van der Waals surface area contributed by atoms with Crippen molar-refractivity contribution in [2.75, 3.05) is 20.8 Å². The summed E-state index contributed by atoms with van der Waals surface area (Å²) in [7, 11) is 6.19. The van der Waals surface area contributed by atoms with Crippen molar-refractivity contribution in [1.82, 2.24) is 18.7 Å². The zero-order valence-electron chi connectivity index (χ0n) is 17.3. The Hall–Kier alpha value is -3.27. The van der Waals surface area contributed by atoms with Gasteiger partial charge in [-0.05, 0) is 24.1 Å². The van der Waals surface area contributed by atoms with E-state index >= 15 is 0 Å². The molecule has 0 fully saturated rings. The van der Waals surface area contributed by atoms with Crippen molar-refractivity contribution in [2.45, 2.75) is 13.0 Å². The summed E-state index contributed by atoms with van der Waals surface area (Å²) < 4.78 is 14.5. The Labute approximate surface area is 179 Å². The molecule has 0 aliphatic heterocycles. The summed E-state index contributed by atoms with van der Waals surface area (Å²) in [6.45, 7) is 0.681. The molecule has 2 heterocycles. The highest BCUT2D eigenvalue weighted by molar-refractivity contribution is 5.85. The molecular formula is C19H25ClN6O4. The molecule has 0 unspecified atom stereocenters. The lowest BCUT2D eigenvalue weighted by molar-refractivity contribution is 0.354. The van der Waals surface area contributed by atoms with Crippen LogP contribution in [0, 0.1) is 0 Å². The van der Waals surface area contributed by atoms with Crippen LogP contribution >= 0.6 is 12.4 Å². The average Bonchev–Trinajstić information content (AvgIpc) is 3.14. The number of benzene rings is 1. The second-order valence-corrected chi connectivity index (χ2v) is 6.56. The van der Waals surface area contributed by atoms with Gasteiger partial charge in [-0.2, -0.15) is 0 Å². The van der Waals surface area contributed by atoms with Gasteiger partial charge in [0.15, 0.2) is 22.7 Å². The highest BCUT2D eigenvalue weighted by atomic mass is 35.5. The maximum atomic E-state index is 12.5. The molecule has 0 amide bonds. The van der Waals surface area contributed by atoms with Crippen LogP contribution in [0.15, 0.2) is 39.1 Å². The Morgan fingerprint density at radius 1 is 1.13 bits per heavy atom. The molecule has 10 nitrogen and oxygen atoms in total. The van der Waals surface area contributed by atoms with Crippen LogP contribution in [0.3, 0.4) is 0 Å². The largest absolute Gasteiger partial charge is 0.493 e. The van der Waals surface area contributed by atoms with Crippen LogP contribution in [0.25, 0.3) is 11.2 Å². The molecule has 2 aromatic heterocycles. The number of methoxy groups -OCH3 is 2. The number of amidine groups is 1. The highest BCUT2D eigenvalue weighted by Crippen LogP contribution is 2.27. The van der Waals surface area contributed by atoms with Crippen molar-refractivity contribution in [3.63, 3.8) is 0 Å². The molecule has 1 aromatic carbocycles. The number of fused-ring (bicyclic) bond motifs is 1. The first-order valence-corrected chi connectivity index (χ1v) is 8.98. The number of halogens is 1. The van der Waals surface area contributed by atoms with Crippen LogP contribution in [0.2, 0.25) is 0 Å². The number of aromatic nitrogens is 4. The molecule has 30 heavy (non-hydrogen) atoms. The molecular weight excluding hydrogens is 412 g/mol. The number of imidazole rings is 1. The van der Waals surface area contributed by atoms with E-state index in [9.17, 15) is 9.59 Å². The summed E-state index contributed by atoms with van der Waals surface area (Å²) >= 11 is 0. The fourth-order valence-electron chi connectivity index (χ4n) is 3.11. The van der Waals surface area contributed by atoms with Crippen LogP contribution in [0.5, 0.6) is 11.5 Å². The monoisotopic (exact) mass is 436 g/mol. The molecule has 0 spiro atoms. The van der Waals surface area contributed by atoms with Crippen LogP contribution in [0.4, 0.5) is 0 Å². The van der Waals surface area contributed by atoms with E-state index in [0.29, 0.717) is 41.5 Å². The molecule has 11 heteroatoms. The topological polar surface area (TPSA) is 119 Å². The summed E-state index contributed by atoms with van der Waals surface area (Å²) in [5.74, 6) is 1.69. The number of rotatable bonds is 7. The minimum Gasteiger partial charge on any atom is -0.493 e. The predicted octanol–water partition coefficient (Wildman–Crippen LogP) is 0.473. The number of nitrogens with two attached hydrogens (primary N) is 1. The third kappa shape index (κ3) is 4.33. The van der Waals surface area contributed by atoms with Gasteiger partial charge in [0.25, 0.3) is 5.56 Å². The first-order valence-electron chi connectivity index (χ1n) is 8.98. The maximum Gasteiger partial charge on any atom is 0.332 e. The smallest absolute Gasteiger partial charge is 0.332 e. The fraction of sp³-hybridized carbons (Fsp3) is 0.368. The number of aliphatic imine (C=N–C) groups is 1. The molecule has 0 bridgehead atoms. The van der Waals surface area contributed by atoms with E-state index < -0.39 is 11.2 Å². The molecule has 0 aliphatic rings. The predicted molar refractivity (Wildman–Crippen MR) is 117 cm³/mol. The van der Waals surface area contributed by atoms with E-state index in [2.05, 4.69) is 9.98 Å². The van der Waals surface area contributed by atoms with Gasteiger partial charge in [-0.3, -0.25) is 18.9 Å². The summed E-state index contributed by atoms with van der Waals surface area (Å²) in [5, 5.41) is 0. The molecule has 0 aliphatic carbocycles. The van der Waals surface area contributed by atoms with E-state index in [0.717, 1.165) is 10.1 Å². The van der Waals surface area contributed by atoms with E-state index in [1.54, 1.807) is 25.8 Å². The highest BCUT2D eigenvalue weighted by Gasteiger charge is 2.14. The van der Waals surface area contributed by atoms with Crippen molar-refractivity contribution in [2.24, 2.45) is 24.8 Å². The number of hydrogen-bond acceptors (Lipinski definition) is 6. The third-order valence-corrected chi connectivity index (χ3v) is 4.71. The number of nitrogens with zero attached hydrogens (tertiary/aromatic N) is 5. The van der Waals surface area contributed by atoms with Crippen molar-refractivity contribution in [1.29, 1.82) is 0 Å². The zero-order valence-corrected chi connectivity index (χ0v) is 18.1. The van der Waals surface area contributed by atoms with Crippen LogP contribution < -0.4 is 26.5 Å². The quantitative estimate of drug-likeness (QED) is 0.425. The summed E-state index contributed by atoms with van der Waals surface area (Å²) in [6.07, 6.45) is 2.16. The lowest BCUT2D eigenvalue weighted by Gasteiger charge is -2.09.